The van der Waals surface area contributed by atoms with Crippen LogP contribution in [0.15, 0.2) is 77.7 Å². The van der Waals surface area contributed by atoms with E-state index in [1.807, 2.05) is 36.4 Å². The molecule has 32 heavy (non-hydrogen) atoms. The Kier molecular flexibility index (Phi) is 6.75. The van der Waals surface area contributed by atoms with Gasteiger partial charge < -0.3 is 15.2 Å². The van der Waals surface area contributed by atoms with E-state index in [2.05, 4.69) is 17.4 Å². The standard InChI is InChI=1S/C25H22FNO4S/c26-22-11-5-6-12-23(22)32-15-16(13-24(28)29)27-25(30)31-14-21-19-9-3-1-7-17(19)18-8-2-4-10-20(18)21/h1-12,16,21H,13-15H2,(H,27,30)(H,28,29). The van der Waals surface area contributed by atoms with Gasteiger partial charge in [0.15, 0.2) is 0 Å². The molecule has 0 aromatic heterocycles. The highest BCUT2D eigenvalue weighted by molar-refractivity contribution is 7.99. The molecule has 0 heterocycles. The Bertz CT molecular complexity index is 1090. The lowest BCUT2D eigenvalue weighted by molar-refractivity contribution is -0.137. The first-order valence-corrected chi connectivity index (χ1v) is 11.2. The number of hydrogen-bond donors (Lipinski definition) is 2. The van der Waals surface area contributed by atoms with Gasteiger partial charge in [-0.2, -0.15) is 0 Å². The van der Waals surface area contributed by atoms with E-state index in [1.54, 1.807) is 18.2 Å². The summed E-state index contributed by atoms with van der Waals surface area (Å²) in [6.45, 7) is 0.139. The van der Waals surface area contributed by atoms with Crippen molar-refractivity contribution in [3.8, 4) is 11.1 Å². The van der Waals surface area contributed by atoms with Crippen molar-refractivity contribution in [1.29, 1.82) is 0 Å². The van der Waals surface area contributed by atoms with E-state index >= 15 is 0 Å². The van der Waals surface area contributed by atoms with E-state index in [9.17, 15) is 19.1 Å². The minimum Gasteiger partial charge on any atom is -0.481 e. The van der Waals surface area contributed by atoms with Gasteiger partial charge in [0.05, 0.1) is 12.5 Å². The highest BCUT2D eigenvalue weighted by atomic mass is 32.2. The first-order valence-electron chi connectivity index (χ1n) is 10.2. The molecule has 1 aliphatic carbocycles. The number of carboxylic acid groups (broad SMARTS) is 1. The SMILES string of the molecule is O=C(O)CC(CSc1ccccc1F)NC(=O)OCC1c2ccccc2-c2ccccc21. The predicted octanol–water partition coefficient (Wildman–Crippen LogP) is 5.30. The summed E-state index contributed by atoms with van der Waals surface area (Å²) in [4.78, 5) is 24.1. The summed E-state index contributed by atoms with van der Waals surface area (Å²) in [7, 11) is 0. The van der Waals surface area contributed by atoms with Crippen molar-refractivity contribution >= 4 is 23.8 Å². The van der Waals surface area contributed by atoms with Gasteiger partial charge in [0.1, 0.15) is 12.4 Å². The number of rotatable bonds is 8. The molecule has 2 N–H and O–H groups in total. The molecule has 4 rings (SSSR count). The fourth-order valence-electron chi connectivity index (χ4n) is 3.92. The van der Waals surface area contributed by atoms with Crippen LogP contribution in [-0.4, -0.2) is 35.6 Å². The summed E-state index contributed by atoms with van der Waals surface area (Å²) in [5.74, 6) is -1.31. The number of thioether (sulfide) groups is 1. The van der Waals surface area contributed by atoms with Gasteiger partial charge in [-0.1, -0.05) is 60.7 Å². The van der Waals surface area contributed by atoms with Crippen LogP contribution in [0.1, 0.15) is 23.5 Å². The molecule has 0 radical (unpaired) electrons. The number of halogens is 1. The second-order valence-corrected chi connectivity index (χ2v) is 8.57. The number of aliphatic carboxylic acids is 1. The monoisotopic (exact) mass is 451 g/mol. The Labute approximate surface area is 189 Å². The van der Waals surface area contributed by atoms with Crippen LogP contribution in [0.2, 0.25) is 0 Å². The Morgan fingerprint density at radius 1 is 0.969 bits per heavy atom. The second-order valence-electron chi connectivity index (χ2n) is 7.51. The average Bonchev–Trinajstić information content (AvgIpc) is 3.10. The summed E-state index contributed by atoms with van der Waals surface area (Å²) in [6, 6.07) is 21.6. The van der Waals surface area contributed by atoms with Gasteiger partial charge in [-0.3, -0.25) is 4.79 Å². The van der Waals surface area contributed by atoms with Gasteiger partial charge in [0.25, 0.3) is 0 Å². The van der Waals surface area contributed by atoms with Crippen LogP contribution >= 0.6 is 11.8 Å². The molecule has 5 nitrogen and oxygen atoms in total. The third-order valence-electron chi connectivity index (χ3n) is 5.36. The molecule has 1 atom stereocenters. The van der Waals surface area contributed by atoms with E-state index in [-0.39, 0.29) is 30.5 Å². The Balaban J connectivity index is 1.39. The van der Waals surface area contributed by atoms with Crippen LogP contribution in [0.25, 0.3) is 11.1 Å². The largest absolute Gasteiger partial charge is 0.481 e. The zero-order valence-corrected chi connectivity index (χ0v) is 18.0. The molecule has 0 saturated heterocycles. The van der Waals surface area contributed by atoms with E-state index in [0.29, 0.717) is 4.90 Å². The lowest BCUT2D eigenvalue weighted by atomic mass is 9.98. The Hall–Kier alpha value is -3.32. The molecule has 3 aromatic rings. The van der Waals surface area contributed by atoms with E-state index in [4.69, 9.17) is 4.74 Å². The van der Waals surface area contributed by atoms with E-state index in [1.165, 1.54) is 6.07 Å². The number of alkyl carbamates (subject to hydrolysis) is 1. The van der Waals surface area contributed by atoms with Crippen LogP contribution in [0.4, 0.5) is 9.18 Å². The first-order chi connectivity index (χ1) is 15.5. The van der Waals surface area contributed by atoms with Crippen LogP contribution in [0.3, 0.4) is 0 Å². The van der Waals surface area contributed by atoms with Crippen molar-refractivity contribution in [2.45, 2.75) is 23.3 Å². The third-order valence-corrected chi connectivity index (χ3v) is 6.57. The molecular weight excluding hydrogens is 429 g/mol. The lowest BCUT2D eigenvalue weighted by Gasteiger charge is -2.19. The van der Waals surface area contributed by atoms with Gasteiger partial charge in [-0.25, -0.2) is 9.18 Å². The molecule has 1 unspecified atom stereocenters. The molecule has 0 saturated carbocycles. The average molecular weight is 452 g/mol. The number of ether oxygens (including phenoxy) is 1. The third kappa shape index (κ3) is 4.94. The second kappa shape index (κ2) is 9.87. The molecule has 164 valence electrons. The molecule has 0 spiro atoms. The van der Waals surface area contributed by atoms with E-state index < -0.39 is 18.1 Å². The van der Waals surface area contributed by atoms with Gasteiger partial charge in [-0.05, 0) is 34.4 Å². The Morgan fingerprint density at radius 3 is 2.19 bits per heavy atom. The van der Waals surface area contributed by atoms with Crippen LogP contribution in [0, 0.1) is 5.82 Å². The normalized spacial score (nSPS) is 13.2. The topological polar surface area (TPSA) is 75.6 Å². The quantitative estimate of drug-likeness (QED) is 0.455. The number of carboxylic acids is 1. The number of fused-ring (bicyclic) bond motifs is 3. The van der Waals surface area contributed by atoms with Crippen molar-refractivity contribution < 1.29 is 23.8 Å². The van der Waals surface area contributed by atoms with Crippen molar-refractivity contribution in [3.05, 3.63) is 89.7 Å². The van der Waals surface area contributed by atoms with Crippen molar-refractivity contribution in [2.24, 2.45) is 0 Å². The molecule has 7 heteroatoms. The number of carbonyl (C=O) groups excluding carboxylic acids is 1. The zero-order chi connectivity index (χ0) is 22.5. The van der Waals surface area contributed by atoms with Crippen LogP contribution in [0.5, 0.6) is 0 Å². The molecule has 0 aliphatic heterocycles. The van der Waals surface area contributed by atoms with E-state index in [0.717, 1.165) is 34.0 Å². The molecule has 3 aromatic carbocycles. The summed E-state index contributed by atoms with van der Waals surface area (Å²) in [6.07, 6.45) is -0.974. The fraction of sp³-hybridized carbons (Fsp3) is 0.200. The highest BCUT2D eigenvalue weighted by Crippen LogP contribution is 2.44. The Morgan fingerprint density at radius 2 is 1.56 bits per heavy atom. The van der Waals surface area contributed by atoms with Crippen LogP contribution in [-0.2, 0) is 9.53 Å². The maximum Gasteiger partial charge on any atom is 0.407 e. The fourth-order valence-corrected chi connectivity index (χ4v) is 4.88. The minimum atomic E-state index is -1.05. The smallest absolute Gasteiger partial charge is 0.407 e. The van der Waals surface area contributed by atoms with Crippen LogP contribution < -0.4 is 5.32 Å². The maximum atomic E-state index is 13.9. The predicted molar refractivity (Wildman–Crippen MR) is 121 cm³/mol. The summed E-state index contributed by atoms with van der Waals surface area (Å²) in [5, 5.41) is 11.8. The molecule has 0 bridgehead atoms. The van der Waals surface area contributed by atoms with Crippen molar-refractivity contribution in [3.63, 3.8) is 0 Å². The molecule has 1 aliphatic rings. The van der Waals surface area contributed by atoms with Gasteiger partial charge in [0.2, 0.25) is 0 Å². The number of benzene rings is 3. The zero-order valence-electron chi connectivity index (χ0n) is 17.2. The van der Waals surface area contributed by atoms with Gasteiger partial charge >= 0.3 is 12.1 Å². The molecule has 0 fully saturated rings. The van der Waals surface area contributed by atoms with Crippen molar-refractivity contribution in [2.75, 3.05) is 12.4 Å². The minimum absolute atomic E-state index is 0.0844. The number of nitrogens with one attached hydrogen (secondary N) is 1. The molecular formula is C25H22FNO4S. The van der Waals surface area contributed by atoms with Crippen molar-refractivity contribution in [1.82, 2.24) is 5.32 Å². The summed E-state index contributed by atoms with van der Waals surface area (Å²) in [5.41, 5.74) is 4.45. The first kappa shape index (κ1) is 21.9. The van der Waals surface area contributed by atoms with Gasteiger partial charge in [-0.15, -0.1) is 11.8 Å². The number of amides is 1. The maximum absolute atomic E-state index is 13.9. The number of hydrogen-bond acceptors (Lipinski definition) is 4. The number of carbonyl (C=O) groups is 2. The van der Waals surface area contributed by atoms with Gasteiger partial charge in [0, 0.05) is 16.6 Å². The summed E-state index contributed by atoms with van der Waals surface area (Å²) >= 11 is 1.16. The summed E-state index contributed by atoms with van der Waals surface area (Å²) < 4.78 is 19.4. The highest BCUT2D eigenvalue weighted by Gasteiger charge is 2.29. The lowest BCUT2D eigenvalue weighted by Crippen LogP contribution is -2.39. The molecule has 1 amide bonds.